The van der Waals surface area contributed by atoms with Gasteiger partial charge in [-0.3, -0.25) is 9.69 Å². The van der Waals surface area contributed by atoms with Crippen molar-refractivity contribution in [2.75, 3.05) is 18.1 Å². The number of ether oxygens (including phenoxy) is 1. The van der Waals surface area contributed by atoms with Crippen LogP contribution in [-0.4, -0.2) is 30.1 Å². The summed E-state index contributed by atoms with van der Waals surface area (Å²) in [4.78, 5) is 19.6. The van der Waals surface area contributed by atoms with Crippen molar-refractivity contribution in [3.63, 3.8) is 0 Å². The Bertz CT molecular complexity index is 755. The second-order valence-corrected chi connectivity index (χ2v) is 8.70. The van der Waals surface area contributed by atoms with Gasteiger partial charge in [0.1, 0.15) is 0 Å². The third-order valence-corrected chi connectivity index (χ3v) is 5.57. The molecule has 1 saturated heterocycles. The molecule has 1 atom stereocenters. The lowest BCUT2D eigenvalue weighted by Gasteiger charge is -2.29. The van der Waals surface area contributed by atoms with Gasteiger partial charge in [0, 0.05) is 12.0 Å². The molecule has 130 valence electrons. The maximum absolute atomic E-state index is 13.0. The molecular formula is C19H26N2O2S. The van der Waals surface area contributed by atoms with Gasteiger partial charge in [0.25, 0.3) is 0 Å². The first-order valence-corrected chi connectivity index (χ1v) is 9.39. The fraction of sp³-hybridized carbons (Fsp3) is 0.579. The van der Waals surface area contributed by atoms with Crippen LogP contribution in [-0.2, 0) is 9.53 Å². The lowest BCUT2D eigenvalue weighted by atomic mass is 9.94. The standard InChI is InChI=1S/C19H26N2O2S/c1-12-9-13(2)16-15(10-12)20-18(24-16)21(17(22)19(3,4)5)11-14-7-6-8-23-14/h9-10,14H,6-8,11H2,1-5H3. The van der Waals surface area contributed by atoms with Crippen molar-refractivity contribution in [3.8, 4) is 0 Å². The number of hydrogen-bond donors (Lipinski definition) is 0. The van der Waals surface area contributed by atoms with Crippen molar-refractivity contribution in [1.29, 1.82) is 0 Å². The zero-order valence-electron chi connectivity index (χ0n) is 15.2. The molecule has 4 nitrogen and oxygen atoms in total. The van der Waals surface area contributed by atoms with E-state index in [1.165, 1.54) is 11.1 Å². The van der Waals surface area contributed by atoms with E-state index in [4.69, 9.17) is 9.72 Å². The van der Waals surface area contributed by atoms with Gasteiger partial charge in [-0.25, -0.2) is 4.98 Å². The van der Waals surface area contributed by atoms with Crippen molar-refractivity contribution >= 4 is 32.6 Å². The summed E-state index contributed by atoms with van der Waals surface area (Å²) in [6.45, 7) is 11.4. The Hall–Kier alpha value is -1.46. The first-order valence-electron chi connectivity index (χ1n) is 8.57. The average molecular weight is 346 g/mol. The zero-order chi connectivity index (χ0) is 17.5. The monoisotopic (exact) mass is 346 g/mol. The largest absolute Gasteiger partial charge is 0.376 e. The summed E-state index contributed by atoms with van der Waals surface area (Å²) >= 11 is 1.61. The highest BCUT2D eigenvalue weighted by atomic mass is 32.1. The minimum Gasteiger partial charge on any atom is -0.376 e. The summed E-state index contributed by atoms with van der Waals surface area (Å²) in [5.74, 6) is 0.103. The quantitative estimate of drug-likeness (QED) is 0.823. The van der Waals surface area contributed by atoms with Gasteiger partial charge in [-0.15, -0.1) is 0 Å². The molecule has 1 aromatic heterocycles. The highest BCUT2D eigenvalue weighted by Gasteiger charge is 2.33. The number of anilines is 1. The number of aryl methyl sites for hydroxylation is 2. The SMILES string of the molecule is Cc1cc(C)c2sc(N(CC3CCCO3)C(=O)C(C)(C)C)nc2c1. The van der Waals surface area contributed by atoms with Crippen LogP contribution in [0.5, 0.6) is 0 Å². The number of nitrogens with zero attached hydrogens (tertiary/aromatic N) is 2. The Morgan fingerprint density at radius 3 is 2.75 bits per heavy atom. The van der Waals surface area contributed by atoms with Crippen LogP contribution in [0.4, 0.5) is 5.13 Å². The third-order valence-electron chi connectivity index (χ3n) is 4.34. The van der Waals surface area contributed by atoms with Gasteiger partial charge in [-0.1, -0.05) is 38.2 Å². The highest BCUT2D eigenvalue weighted by molar-refractivity contribution is 7.22. The molecule has 0 aliphatic carbocycles. The molecule has 1 aromatic carbocycles. The van der Waals surface area contributed by atoms with Gasteiger partial charge < -0.3 is 4.74 Å². The van der Waals surface area contributed by atoms with Crippen molar-refractivity contribution in [1.82, 2.24) is 4.98 Å². The molecule has 2 heterocycles. The second kappa shape index (κ2) is 6.45. The Kier molecular flexibility index (Phi) is 4.67. The van der Waals surface area contributed by atoms with Gasteiger partial charge in [0.15, 0.2) is 5.13 Å². The zero-order valence-corrected chi connectivity index (χ0v) is 16.0. The topological polar surface area (TPSA) is 42.4 Å². The van der Waals surface area contributed by atoms with Crippen molar-refractivity contribution < 1.29 is 9.53 Å². The van der Waals surface area contributed by atoms with Crippen LogP contribution in [0.1, 0.15) is 44.7 Å². The average Bonchev–Trinajstić information content (AvgIpc) is 3.11. The molecule has 0 spiro atoms. The van der Waals surface area contributed by atoms with Gasteiger partial charge in [-0.2, -0.15) is 0 Å². The summed E-state index contributed by atoms with van der Waals surface area (Å²) in [7, 11) is 0. The smallest absolute Gasteiger partial charge is 0.234 e. The van der Waals surface area contributed by atoms with E-state index in [1.54, 1.807) is 11.3 Å². The number of fused-ring (bicyclic) bond motifs is 1. The predicted molar refractivity (Wildman–Crippen MR) is 99.9 cm³/mol. The first kappa shape index (κ1) is 17.4. The van der Waals surface area contributed by atoms with Crippen LogP contribution in [0.25, 0.3) is 10.2 Å². The minimum absolute atomic E-state index is 0.103. The fourth-order valence-corrected chi connectivity index (χ4v) is 4.15. The molecule has 2 aromatic rings. The number of aromatic nitrogens is 1. The van der Waals surface area contributed by atoms with E-state index in [0.717, 1.165) is 34.8 Å². The highest BCUT2D eigenvalue weighted by Crippen LogP contribution is 2.34. The molecular weight excluding hydrogens is 320 g/mol. The lowest BCUT2D eigenvalue weighted by molar-refractivity contribution is -0.126. The summed E-state index contributed by atoms with van der Waals surface area (Å²) in [6.07, 6.45) is 2.20. The van der Waals surface area contributed by atoms with Gasteiger partial charge in [0.2, 0.25) is 5.91 Å². The number of carbonyl (C=O) groups excluding carboxylic acids is 1. The number of rotatable bonds is 3. The maximum Gasteiger partial charge on any atom is 0.234 e. The summed E-state index contributed by atoms with van der Waals surface area (Å²) in [5.41, 5.74) is 2.95. The summed E-state index contributed by atoms with van der Waals surface area (Å²) in [5, 5.41) is 0.786. The number of benzene rings is 1. The number of hydrogen-bond acceptors (Lipinski definition) is 4. The van der Waals surface area contributed by atoms with Crippen LogP contribution < -0.4 is 4.90 Å². The fourth-order valence-electron chi connectivity index (χ4n) is 3.13. The van der Waals surface area contributed by atoms with E-state index >= 15 is 0 Å². The van der Waals surface area contributed by atoms with Crippen LogP contribution in [0.3, 0.4) is 0 Å². The molecule has 1 unspecified atom stereocenters. The van der Waals surface area contributed by atoms with E-state index in [9.17, 15) is 4.79 Å². The van der Waals surface area contributed by atoms with Crippen LogP contribution in [0.2, 0.25) is 0 Å². The molecule has 1 amide bonds. The van der Waals surface area contributed by atoms with Gasteiger partial charge >= 0.3 is 0 Å². The van der Waals surface area contributed by atoms with E-state index in [2.05, 4.69) is 26.0 Å². The molecule has 0 N–H and O–H groups in total. The molecule has 0 saturated carbocycles. The van der Waals surface area contributed by atoms with E-state index in [0.29, 0.717) is 6.54 Å². The van der Waals surface area contributed by atoms with E-state index in [-0.39, 0.29) is 12.0 Å². The van der Waals surface area contributed by atoms with Crippen LogP contribution in [0.15, 0.2) is 12.1 Å². The van der Waals surface area contributed by atoms with Crippen molar-refractivity contribution in [2.45, 2.75) is 53.6 Å². The number of carbonyl (C=O) groups is 1. The van der Waals surface area contributed by atoms with Crippen LogP contribution in [0, 0.1) is 19.3 Å². The molecule has 5 heteroatoms. The van der Waals surface area contributed by atoms with Crippen molar-refractivity contribution in [3.05, 3.63) is 23.3 Å². The Balaban J connectivity index is 2.00. The van der Waals surface area contributed by atoms with Gasteiger partial charge in [0.05, 0.1) is 22.9 Å². The third kappa shape index (κ3) is 3.47. The Morgan fingerprint density at radius 2 is 2.12 bits per heavy atom. The maximum atomic E-state index is 13.0. The second-order valence-electron chi connectivity index (χ2n) is 7.73. The molecule has 3 rings (SSSR count). The van der Waals surface area contributed by atoms with E-state index in [1.807, 2.05) is 25.7 Å². The summed E-state index contributed by atoms with van der Waals surface area (Å²) < 4.78 is 6.93. The molecule has 1 aliphatic rings. The Labute approximate surface area is 147 Å². The van der Waals surface area contributed by atoms with Crippen LogP contribution >= 0.6 is 11.3 Å². The van der Waals surface area contributed by atoms with E-state index < -0.39 is 5.41 Å². The predicted octanol–water partition coefficient (Wildman–Crippen LogP) is 4.47. The van der Waals surface area contributed by atoms with Gasteiger partial charge in [-0.05, 0) is 43.9 Å². The summed E-state index contributed by atoms with van der Waals surface area (Å²) in [6, 6.07) is 4.26. The normalized spacial score (nSPS) is 18.3. The first-order chi connectivity index (χ1) is 11.3. The molecule has 24 heavy (non-hydrogen) atoms. The molecule has 0 radical (unpaired) electrons. The number of amides is 1. The molecule has 1 fully saturated rings. The minimum atomic E-state index is -0.443. The lowest BCUT2D eigenvalue weighted by Crippen LogP contribution is -2.43. The van der Waals surface area contributed by atoms with Crippen molar-refractivity contribution in [2.24, 2.45) is 5.41 Å². The number of thiazole rings is 1. The molecule has 1 aliphatic heterocycles. The molecule has 0 bridgehead atoms. The Morgan fingerprint density at radius 1 is 1.38 bits per heavy atom.